The highest BCUT2D eigenvalue weighted by atomic mass is 16.8. The fourth-order valence-electron chi connectivity index (χ4n) is 1.11. The van der Waals surface area contributed by atoms with Crippen molar-refractivity contribution in [1.29, 1.82) is 0 Å². The van der Waals surface area contributed by atoms with Crippen LogP contribution in [0.15, 0.2) is 24.3 Å². The van der Waals surface area contributed by atoms with E-state index in [1.165, 1.54) is 24.3 Å². The molecule has 1 rings (SSSR count). The van der Waals surface area contributed by atoms with E-state index in [-0.39, 0.29) is 11.4 Å². The minimum absolute atomic E-state index is 0.0766. The lowest BCUT2D eigenvalue weighted by Crippen LogP contribution is -2.25. The Labute approximate surface area is 148 Å². The smallest absolute Gasteiger partial charge is 0.427 e. The fraction of sp³-hybridized carbons (Fsp3) is 0.529. The van der Waals surface area contributed by atoms with Gasteiger partial charge in [-0.1, -0.05) is 27.7 Å². The Kier molecular flexibility index (Phi) is 12.5. The Morgan fingerprint density at radius 1 is 1.00 bits per heavy atom. The van der Waals surface area contributed by atoms with Crippen molar-refractivity contribution in [2.24, 2.45) is 5.41 Å². The van der Waals surface area contributed by atoms with Crippen LogP contribution < -0.4 is 4.74 Å². The summed E-state index contributed by atoms with van der Waals surface area (Å²) in [5.74, 6) is -0.446. The van der Waals surface area contributed by atoms with Crippen molar-refractivity contribution in [2.45, 2.75) is 48.5 Å². The number of hydrogen-bond donors (Lipinski definition) is 0. The number of hydrogen-bond acceptors (Lipinski definition) is 7. The van der Waals surface area contributed by atoms with Gasteiger partial charge in [-0.3, -0.25) is 14.9 Å². The molecule has 0 spiro atoms. The molecule has 0 atom stereocenters. The van der Waals surface area contributed by atoms with Gasteiger partial charge in [0.2, 0.25) is 6.79 Å². The van der Waals surface area contributed by atoms with Crippen molar-refractivity contribution < 1.29 is 28.7 Å². The molecule has 1 aromatic rings. The molecule has 0 fully saturated rings. The zero-order valence-corrected chi connectivity index (χ0v) is 15.8. The molecule has 142 valence electrons. The van der Waals surface area contributed by atoms with Gasteiger partial charge >= 0.3 is 12.1 Å². The molecule has 8 nitrogen and oxygen atoms in total. The number of ether oxygens (including phenoxy) is 3. The summed E-state index contributed by atoms with van der Waals surface area (Å²) >= 11 is 0. The third-order valence-corrected chi connectivity index (χ3v) is 2.23. The molecule has 0 saturated heterocycles. The van der Waals surface area contributed by atoms with Crippen molar-refractivity contribution in [3.05, 3.63) is 34.4 Å². The Morgan fingerprint density at radius 3 is 1.88 bits per heavy atom. The van der Waals surface area contributed by atoms with Crippen LogP contribution in [-0.2, 0) is 14.3 Å². The maximum Gasteiger partial charge on any atom is 0.516 e. The van der Waals surface area contributed by atoms with E-state index in [2.05, 4.69) is 4.74 Å². The minimum Gasteiger partial charge on any atom is -0.427 e. The van der Waals surface area contributed by atoms with Crippen molar-refractivity contribution in [1.82, 2.24) is 0 Å². The van der Waals surface area contributed by atoms with Gasteiger partial charge in [0.05, 0.1) is 10.3 Å². The molecule has 0 amide bonds. The molecule has 0 radical (unpaired) electrons. The lowest BCUT2D eigenvalue weighted by Gasteiger charge is -2.16. The van der Waals surface area contributed by atoms with Crippen molar-refractivity contribution in [2.75, 3.05) is 6.79 Å². The summed E-state index contributed by atoms with van der Waals surface area (Å²) in [5.41, 5.74) is -0.833. The van der Waals surface area contributed by atoms with Crippen LogP contribution in [0.2, 0.25) is 0 Å². The lowest BCUT2D eigenvalue weighted by atomic mass is 9.98. The largest absolute Gasteiger partial charge is 0.516 e. The van der Waals surface area contributed by atoms with Crippen LogP contribution in [0.5, 0.6) is 5.75 Å². The number of rotatable bonds is 4. The van der Waals surface area contributed by atoms with E-state index in [4.69, 9.17) is 9.47 Å². The number of benzene rings is 1. The summed E-state index contributed by atoms with van der Waals surface area (Å²) in [4.78, 5) is 32.6. The molecule has 8 heteroatoms. The normalized spacial score (nSPS) is 9.40. The number of nitrogens with zero attached hydrogens (tertiary/aromatic N) is 1. The van der Waals surface area contributed by atoms with Crippen molar-refractivity contribution in [3.8, 4) is 5.75 Å². The number of esters is 1. The van der Waals surface area contributed by atoms with Gasteiger partial charge in [-0.25, -0.2) is 4.79 Å². The second kappa shape index (κ2) is 12.7. The van der Waals surface area contributed by atoms with Gasteiger partial charge in [-0.05, 0) is 32.9 Å². The zero-order chi connectivity index (χ0) is 20.0. The van der Waals surface area contributed by atoms with Gasteiger partial charge in [0.1, 0.15) is 5.75 Å². The van der Waals surface area contributed by atoms with Gasteiger partial charge < -0.3 is 14.2 Å². The van der Waals surface area contributed by atoms with Gasteiger partial charge in [0.15, 0.2) is 0 Å². The number of nitro groups is 1. The lowest BCUT2D eigenvalue weighted by molar-refractivity contribution is -0.384. The molecule has 0 unspecified atom stereocenters. The highest BCUT2D eigenvalue weighted by Gasteiger charge is 2.23. The molecule has 0 aliphatic carbocycles. The van der Waals surface area contributed by atoms with Crippen LogP contribution in [0.4, 0.5) is 10.5 Å². The Hall–Kier alpha value is -2.64. The van der Waals surface area contributed by atoms with Crippen LogP contribution in [0.25, 0.3) is 0 Å². The fourth-order valence-corrected chi connectivity index (χ4v) is 1.11. The Balaban J connectivity index is 0. The van der Waals surface area contributed by atoms with Gasteiger partial charge in [-0.2, -0.15) is 0 Å². The predicted molar refractivity (Wildman–Crippen MR) is 93.3 cm³/mol. The predicted octanol–water partition coefficient (Wildman–Crippen LogP) is 4.71. The quantitative estimate of drug-likeness (QED) is 0.252. The topological polar surface area (TPSA) is 105 Å². The summed E-state index contributed by atoms with van der Waals surface area (Å²) < 4.78 is 14.0. The van der Waals surface area contributed by atoms with Gasteiger partial charge in [0, 0.05) is 12.1 Å². The maximum atomic E-state index is 11.4. The minimum atomic E-state index is -1.08. The molecule has 25 heavy (non-hydrogen) atoms. The molecule has 0 heterocycles. The van der Waals surface area contributed by atoms with E-state index in [1.807, 2.05) is 27.7 Å². The van der Waals surface area contributed by atoms with Crippen molar-refractivity contribution in [3.63, 3.8) is 0 Å². The highest BCUT2D eigenvalue weighted by Crippen LogP contribution is 2.18. The van der Waals surface area contributed by atoms with E-state index < -0.39 is 29.3 Å². The van der Waals surface area contributed by atoms with Crippen LogP contribution in [0, 0.1) is 15.5 Å². The first-order valence-electron chi connectivity index (χ1n) is 7.96. The second-order valence-corrected chi connectivity index (χ2v) is 5.05. The second-order valence-electron chi connectivity index (χ2n) is 5.05. The van der Waals surface area contributed by atoms with Crippen LogP contribution in [-0.4, -0.2) is 23.8 Å². The molecule has 0 bridgehead atoms. The first kappa shape index (κ1) is 24.6. The Morgan fingerprint density at radius 2 is 1.48 bits per heavy atom. The maximum absolute atomic E-state index is 11.4. The van der Waals surface area contributed by atoms with E-state index in [0.717, 1.165) is 0 Å². The average molecular weight is 357 g/mol. The summed E-state index contributed by atoms with van der Waals surface area (Å²) in [5, 5.41) is 10.4. The number of carbonyl (C=O) groups excluding carboxylic acids is 2. The number of non-ortho nitro benzene ring substituents is 1. The van der Waals surface area contributed by atoms with Gasteiger partial charge in [0.25, 0.3) is 5.69 Å². The first-order valence-corrected chi connectivity index (χ1v) is 7.96. The van der Waals surface area contributed by atoms with E-state index in [0.29, 0.717) is 0 Å². The molecular weight excluding hydrogens is 330 g/mol. The van der Waals surface area contributed by atoms with Crippen LogP contribution in [0.1, 0.15) is 48.5 Å². The summed E-state index contributed by atoms with van der Waals surface area (Å²) in [6.45, 7) is 12.4. The standard InChI is InChI=1S/C13H15NO7.2C2H6/c1-13(2,3)11(15)19-8-20-12(16)21-10-6-4-9(5-7-10)14(17)18;2*1-2/h4-7H,8H2,1-3H3;2*1-2H3. The average Bonchev–Trinajstić information content (AvgIpc) is 2.58. The molecule has 1 aromatic carbocycles. The summed E-state index contributed by atoms with van der Waals surface area (Å²) in [6.07, 6.45) is -1.08. The SMILES string of the molecule is CC.CC.CC(C)(C)C(=O)OCOC(=O)Oc1ccc([N+](=O)[O-])cc1. The molecule has 0 aliphatic heterocycles. The monoisotopic (exact) mass is 357 g/mol. The summed E-state index contributed by atoms with van der Waals surface area (Å²) in [7, 11) is 0. The third kappa shape index (κ3) is 10.7. The summed E-state index contributed by atoms with van der Waals surface area (Å²) in [6, 6.07) is 4.87. The van der Waals surface area contributed by atoms with Crippen molar-refractivity contribution >= 4 is 17.8 Å². The molecule has 0 saturated carbocycles. The van der Waals surface area contributed by atoms with E-state index in [9.17, 15) is 19.7 Å². The van der Waals surface area contributed by atoms with E-state index >= 15 is 0 Å². The Bertz CT molecular complexity index is 533. The van der Waals surface area contributed by atoms with E-state index in [1.54, 1.807) is 20.8 Å². The zero-order valence-electron chi connectivity index (χ0n) is 15.8. The van der Waals surface area contributed by atoms with Gasteiger partial charge in [-0.15, -0.1) is 0 Å². The van der Waals surface area contributed by atoms with Crippen LogP contribution in [0.3, 0.4) is 0 Å². The molecule has 0 aliphatic rings. The molecular formula is C17H27NO7. The first-order chi connectivity index (χ1) is 11.7. The van der Waals surface area contributed by atoms with Crippen LogP contribution >= 0.6 is 0 Å². The number of nitro benzene ring substituents is 1. The number of carbonyl (C=O) groups is 2. The third-order valence-electron chi connectivity index (χ3n) is 2.23. The highest BCUT2D eigenvalue weighted by molar-refractivity contribution is 5.75. The molecule has 0 aromatic heterocycles. The molecule has 0 N–H and O–H groups in total.